The van der Waals surface area contributed by atoms with Gasteiger partial charge in [0.15, 0.2) is 0 Å². The Morgan fingerprint density at radius 3 is 2.79 bits per heavy atom. The molecule has 0 aliphatic heterocycles. The molecule has 1 heterocycles. The van der Waals surface area contributed by atoms with Gasteiger partial charge in [-0.1, -0.05) is 32.3 Å². The molecule has 5 heteroatoms. The molecule has 2 atom stereocenters. The first-order valence-electron chi connectivity index (χ1n) is 6.81. The molecule has 0 amide bonds. The number of unbranched alkanes of at least 4 members (excludes halogenated alkanes) is 3. The number of carboxylic acids is 1. The summed E-state index contributed by atoms with van der Waals surface area (Å²) in [5.41, 5.74) is 0. The topological polar surface area (TPSA) is 69.6 Å². The van der Waals surface area contributed by atoms with Crippen molar-refractivity contribution in [1.82, 2.24) is 5.32 Å². The van der Waals surface area contributed by atoms with Gasteiger partial charge in [0.1, 0.15) is 6.10 Å². The van der Waals surface area contributed by atoms with Crippen molar-refractivity contribution in [2.75, 3.05) is 6.54 Å². The van der Waals surface area contributed by atoms with E-state index in [1.165, 1.54) is 24.2 Å². The fraction of sp³-hybridized carbons (Fsp3) is 0.643. The van der Waals surface area contributed by atoms with Crippen LogP contribution in [0.15, 0.2) is 17.5 Å². The van der Waals surface area contributed by atoms with Crippen LogP contribution in [0.25, 0.3) is 0 Å². The zero-order chi connectivity index (χ0) is 14.1. The Morgan fingerprint density at radius 2 is 2.21 bits per heavy atom. The number of carboxylic acid groups (broad SMARTS) is 1. The largest absolute Gasteiger partial charge is 0.481 e. The van der Waals surface area contributed by atoms with Crippen LogP contribution in [0.2, 0.25) is 0 Å². The third-order valence-corrected chi connectivity index (χ3v) is 3.99. The van der Waals surface area contributed by atoms with Gasteiger partial charge < -0.3 is 15.5 Å². The Balaban J connectivity index is 2.44. The lowest BCUT2D eigenvalue weighted by Crippen LogP contribution is -2.37. The Hall–Kier alpha value is -0.910. The second-order valence-corrected chi connectivity index (χ2v) is 5.66. The van der Waals surface area contributed by atoms with Crippen molar-refractivity contribution in [3.8, 4) is 0 Å². The summed E-state index contributed by atoms with van der Waals surface area (Å²) in [6.07, 6.45) is 3.71. The fourth-order valence-electron chi connectivity index (χ4n) is 1.98. The van der Waals surface area contributed by atoms with E-state index in [9.17, 15) is 9.90 Å². The van der Waals surface area contributed by atoms with E-state index in [-0.39, 0.29) is 6.42 Å². The van der Waals surface area contributed by atoms with Crippen LogP contribution < -0.4 is 5.32 Å². The highest BCUT2D eigenvalue weighted by Crippen LogP contribution is 2.23. The Bertz CT molecular complexity index is 354. The predicted octanol–water partition coefficient (Wildman–Crippen LogP) is 2.79. The summed E-state index contributed by atoms with van der Waals surface area (Å²) >= 11 is 1.45. The first kappa shape index (κ1) is 16.1. The number of carbonyl (C=O) groups is 1. The summed E-state index contributed by atoms with van der Waals surface area (Å²) < 4.78 is 0. The number of nitrogens with one attached hydrogen (secondary N) is 1. The van der Waals surface area contributed by atoms with Gasteiger partial charge in [-0.2, -0.15) is 0 Å². The molecular formula is C14H23NO3S. The van der Waals surface area contributed by atoms with Gasteiger partial charge in [0.2, 0.25) is 0 Å². The van der Waals surface area contributed by atoms with Crippen LogP contribution in [0.3, 0.4) is 0 Å². The highest BCUT2D eigenvalue weighted by molar-refractivity contribution is 7.10. The molecule has 0 aliphatic carbocycles. The lowest BCUT2D eigenvalue weighted by molar-refractivity contribution is -0.138. The molecule has 1 aromatic heterocycles. The highest BCUT2D eigenvalue weighted by Gasteiger charge is 2.23. The molecule has 0 spiro atoms. The van der Waals surface area contributed by atoms with Gasteiger partial charge in [-0.15, -0.1) is 11.3 Å². The second kappa shape index (κ2) is 9.07. The molecule has 0 bridgehead atoms. The minimum atomic E-state index is -0.887. The molecule has 1 rings (SSSR count). The summed E-state index contributed by atoms with van der Waals surface area (Å²) in [6.45, 7) is 2.90. The van der Waals surface area contributed by atoms with Crippen molar-refractivity contribution < 1.29 is 15.0 Å². The molecule has 2 unspecified atom stereocenters. The minimum absolute atomic E-state index is 0.0627. The molecule has 0 saturated heterocycles. The van der Waals surface area contributed by atoms with Gasteiger partial charge in [-0.3, -0.25) is 4.79 Å². The van der Waals surface area contributed by atoms with E-state index >= 15 is 0 Å². The lowest BCUT2D eigenvalue weighted by Gasteiger charge is -2.22. The van der Waals surface area contributed by atoms with E-state index < -0.39 is 18.1 Å². The van der Waals surface area contributed by atoms with Crippen molar-refractivity contribution in [3.05, 3.63) is 22.4 Å². The Kier molecular flexibility index (Phi) is 7.70. The standard InChI is InChI=1S/C14H23NO3S/c1-2-3-4-5-8-15-11(10-13(16)17)14(18)12-7-6-9-19-12/h6-7,9,11,14-15,18H,2-5,8,10H2,1H3,(H,16,17). The first-order chi connectivity index (χ1) is 9.15. The van der Waals surface area contributed by atoms with Gasteiger partial charge in [0, 0.05) is 10.9 Å². The number of hydrogen-bond acceptors (Lipinski definition) is 4. The van der Waals surface area contributed by atoms with Gasteiger partial charge in [0.25, 0.3) is 0 Å². The van der Waals surface area contributed by atoms with Gasteiger partial charge in [-0.05, 0) is 24.4 Å². The number of aliphatic hydroxyl groups excluding tert-OH is 1. The second-order valence-electron chi connectivity index (χ2n) is 4.68. The van der Waals surface area contributed by atoms with E-state index in [2.05, 4.69) is 12.2 Å². The third-order valence-electron chi connectivity index (χ3n) is 3.05. The maximum Gasteiger partial charge on any atom is 0.305 e. The summed E-state index contributed by atoms with van der Waals surface area (Å²) in [5, 5.41) is 24.2. The van der Waals surface area contributed by atoms with Crippen molar-refractivity contribution in [2.24, 2.45) is 0 Å². The Labute approximate surface area is 118 Å². The number of aliphatic hydroxyl groups is 1. The maximum absolute atomic E-state index is 10.9. The molecule has 3 N–H and O–H groups in total. The number of aliphatic carboxylic acids is 1. The molecule has 19 heavy (non-hydrogen) atoms. The predicted molar refractivity (Wildman–Crippen MR) is 77.5 cm³/mol. The van der Waals surface area contributed by atoms with Crippen LogP contribution >= 0.6 is 11.3 Å². The van der Waals surface area contributed by atoms with E-state index in [4.69, 9.17) is 5.11 Å². The average Bonchev–Trinajstić information content (AvgIpc) is 2.89. The third kappa shape index (κ3) is 6.18. The van der Waals surface area contributed by atoms with Crippen molar-refractivity contribution in [2.45, 2.75) is 51.2 Å². The SMILES string of the molecule is CCCCCCNC(CC(=O)O)C(O)c1cccs1. The molecule has 0 radical (unpaired) electrons. The summed E-state index contributed by atoms with van der Waals surface area (Å²) in [4.78, 5) is 11.7. The molecule has 0 aliphatic rings. The molecule has 0 fully saturated rings. The smallest absolute Gasteiger partial charge is 0.305 e. The zero-order valence-electron chi connectivity index (χ0n) is 11.3. The number of hydrogen-bond donors (Lipinski definition) is 3. The maximum atomic E-state index is 10.9. The molecule has 0 saturated carbocycles. The monoisotopic (exact) mass is 285 g/mol. The zero-order valence-corrected chi connectivity index (χ0v) is 12.2. The van der Waals surface area contributed by atoms with Crippen LogP contribution in [0.1, 0.15) is 50.0 Å². The summed E-state index contributed by atoms with van der Waals surface area (Å²) in [7, 11) is 0. The highest BCUT2D eigenvalue weighted by atomic mass is 32.1. The van der Waals surface area contributed by atoms with Crippen LogP contribution in [-0.2, 0) is 4.79 Å². The van der Waals surface area contributed by atoms with Crippen LogP contribution in [-0.4, -0.2) is 28.8 Å². The van der Waals surface area contributed by atoms with Gasteiger partial charge >= 0.3 is 5.97 Å². The van der Waals surface area contributed by atoms with E-state index in [0.29, 0.717) is 0 Å². The number of rotatable bonds is 10. The quantitative estimate of drug-likeness (QED) is 0.578. The van der Waals surface area contributed by atoms with E-state index in [0.717, 1.165) is 24.3 Å². The van der Waals surface area contributed by atoms with Crippen molar-refractivity contribution in [3.63, 3.8) is 0 Å². The fourth-order valence-corrected chi connectivity index (χ4v) is 2.76. The minimum Gasteiger partial charge on any atom is -0.481 e. The Morgan fingerprint density at radius 1 is 1.42 bits per heavy atom. The van der Waals surface area contributed by atoms with E-state index in [1.807, 2.05) is 17.5 Å². The van der Waals surface area contributed by atoms with Gasteiger partial charge in [0.05, 0.1) is 6.42 Å². The summed E-state index contributed by atoms with van der Waals surface area (Å²) in [6, 6.07) is 3.28. The van der Waals surface area contributed by atoms with Gasteiger partial charge in [-0.25, -0.2) is 0 Å². The van der Waals surface area contributed by atoms with Crippen molar-refractivity contribution >= 4 is 17.3 Å². The van der Waals surface area contributed by atoms with Crippen LogP contribution in [0, 0.1) is 0 Å². The average molecular weight is 285 g/mol. The molecule has 108 valence electrons. The van der Waals surface area contributed by atoms with Crippen LogP contribution in [0.4, 0.5) is 0 Å². The molecule has 0 aromatic carbocycles. The van der Waals surface area contributed by atoms with E-state index in [1.54, 1.807) is 0 Å². The first-order valence-corrected chi connectivity index (χ1v) is 7.69. The molecular weight excluding hydrogens is 262 g/mol. The van der Waals surface area contributed by atoms with Crippen LogP contribution in [0.5, 0.6) is 0 Å². The number of thiophene rings is 1. The molecule has 4 nitrogen and oxygen atoms in total. The normalized spacial score (nSPS) is 14.2. The molecule has 1 aromatic rings. The van der Waals surface area contributed by atoms with Crippen molar-refractivity contribution in [1.29, 1.82) is 0 Å². The lowest BCUT2D eigenvalue weighted by atomic mass is 10.1. The summed E-state index contributed by atoms with van der Waals surface area (Å²) in [5.74, 6) is -0.887.